The maximum Gasteiger partial charge on any atom is 0.326 e. The lowest BCUT2D eigenvalue weighted by Crippen LogP contribution is -2.40. The molecule has 24 heavy (non-hydrogen) atoms. The van der Waals surface area contributed by atoms with Gasteiger partial charge in [-0.05, 0) is 24.1 Å². The minimum absolute atomic E-state index is 0.0355. The van der Waals surface area contributed by atoms with E-state index in [0.717, 1.165) is 17.7 Å². The first-order chi connectivity index (χ1) is 11.5. The van der Waals surface area contributed by atoms with Crippen LogP contribution in [0.4, 0.5) is 8.78 Å². The number of benzene rings is 2. The molecule has 124 valence electrons. The number of nitrogens with one attached hydrogen (secondary N) is 1. The van der Waals surface area contributed by atoms with Gasteiger partial charge >= 0.3 is 5.97 Å². The van der Waals surface area contributed by atoms with Crippen molar-refractivity contribution in [1.82, 2.24) is 5.32 Å². The third-order valence-corrected chi connectivity index (χ3v) is 3.21. The third kappa shape index (κ3) is 5.01. The summed E-state index contributed by atoms with van der Waals surface area (Å²) in [5.41, 5.74) is 0.617. The molecule has 0 radical (unpaired) electrons. The smallest absolute Gasteiger partial charge is 0.326 e. The second kappa shape index (κ2) is 8.01. The molecule has 0 aliphatic carbocycles. The van der Waals surface area contributed by atoms with Crippen LogP contribution in [-0.4, -0.2) is 23.0 Å². The zero-order valence-corrected chi connectivity index (χ0v) is 12.6. The van der Waals surface area contributed by atoms with Crippen molar-refractivity contribution in [1.29, 1.82) is 0 Å². The predicted octanol–water partition coefficient (Wildman–Crippen LogP) is 3.25. The van der Waals surface area contributed by atoms with E-state index in [-0.39, 0.29) is 12.0 Å². The van der Waals surface area contributed by atoms with Crippen molar-refractivity contribution in [2.75, 3.05) is 0 Å². The summed E-state index contributed by atoms with van der Waals surface area (Å²) in [6.07, 6.45) is 3.37. The summed E-state index contributed by atoms with van der Waals surface area (Å²) in [6.45, 7) is 0. The molecule has 0 aliphatic heterocycles. The highest BCUT2D eigenvalue weighted by Gasteiger charge is 2.20. The first-order valence-electron chi connectivity index (χ1n) is 7.17. The number of halogens is 2. The molecule has 1 amide bonds. The van der Waals surface area contributed by atoms with Crippen LogP contribution in [0, 0.1) is 11.6 Å². The van der Waals surface area contributed by atoms with Crippen LogP contribution < -0.4 is 5.32 Å². The molecule has 0 saturated carbocycles. The minimum Gasteiger partial charge on any atom is -0.480 e. The van der Waals surface area contributed by atoms with E-state index in [1.807, 2.05) is 30.3 Å². The Bertz CT molecular complexity index is 740. The molecule has 2 rings (SSSR count). The molecule has 0 aromatic heterocycles. The van der Waals surface area contributed by atoms with Gasteiger partial charge in [-0.25, -0.2) is 13.6 Å². The number of rotatable bonds is 6. The van der Waals surface area contributed by atoms with Gasteiger partial charge in [0.2, 0.25) is 0 Å². The van der Waals surface area contributed by atoms with Gasteiger partial charge in [-0.2, -0.15) is 0 Å². The van der Waals surface area contributed by atoms with Gasteiger partial charge in [0.1, 0.15) is 17.7 Å². The molecular weight excluding hydrogens is 316 g/mol. The molecule has 0 unspecified atom stereocenters. The minimum atomic E-state index is -1.24. The van der Waals surface area contributed by atoms with Crippen LogP contribution in [0.2, 0.25) is 0 Å². The Kier molecular flexibility index (Phi) is 5.78. The molecule has 4 nitrogen and oxygen atoms in total. The van der Waals surface area contributed by atoms with Gasteiger partial charge in [0, 0.05) is 11.6 Å². The summed E-state index contributed by atoms with van der Waals surface area (Å²) in [7, 11) is 0. The quantitative estimate of drug-likeness (QED) is 0.854. The van der Waals surface area contributed by atoms with Crippen LogP contribution in [-0.2, 0) is 4.79 Å². The average molecular weight is 331 g/mol. The first kappa shape index (κ1) is 17.3. The van der Waals surface area contributed by atoms with Gasteiger partial charge in [0.05, 0.1) is 0 Å². The zero-order chi connectivity index (χ0) is 17.5. The summed E-state index contributed by atoms with van der Waals surface area (Å²) < 4.78 is 26.3. The summed E-state index contributed by atoms with van der Waals surface area (Å²) >= 11 is 0. The topological polar surface area (TPSA) is 66.4 Å². The number of hydrogen-bond donors (Lipinski definition) is 2. The van der Waals surface area contributed by atoms with E-state index in [9.17, 15) is 23.5 Å². The number of carboxylic acid groups (broad SMARTS) is 1. The van der Waals surface area contributed by atoms with Crippen molar-refractivity contribution in [3.05, 3.63) is 77.4 Å². The van der Waals surface area contributed by atoms with E-state index in [0.29, 0.717) is 6.07 Å². The molecule has 0 fully saturated rings. The van der Waals surface area contributed by atoms with Crippen molar-refractivity contribution in [2.45, 2.75) is 12.5 Å². The first-order valence-corrected chi connectivity index (χ1v) is 7.17. The van der Waals surface area contributed by atoms with Crippen LogP contribution in [0.3, 0.4) is 0 Å². The van der Waals surface area contributed by atoms with Crippen molar-refractivity contribution in [3.8, 4) is 0 Å². The van der Waals surface area contributed by atoms with Crippen LogP contribution in [0.15, 0.2) is 54.6 Å². The molecule has 2 N–H and O–H groups in total. The van der Waals surface area contributed by atoms with Crippen molar-refractivity contribution in [2.24, 2.45) is 0 Å². The van der Waals surface area contributed by atoms with Crippen LogP contribution in [0.5, 0.6) is 0 Å². The lowest BCUT2D eigenvalue weighted by atomic mass is 10.1. The highest BCUT2D eigenvalue weighted by molar-refractivity contribution is 5.96. The Morgan fingerprint density at radius 1 is 1.08 bits per heavy atom. The highest BCUT2D eigenvalue weighted by Crippen LogP contribution is 2.09. The standard InChI is InChI=1S/C18H15F2NO3/c19-14-9-13(10-15(20)11-14)17(22)21-16(18(23)24)8-4-7-12-5-2-1-3-6-12/h1-7,9-11,16H,8H2,(H,21,22)(H,23,24)/b7-4+/t16-/m0/s1. The van der Waals surface area contributed by atoms with E-state index in [2.05, 4.69) is 5.32 Å². The van der Waals surface area contributed by atoms with Gasteiger partial charge in [-0.1, -0.05) is 42.5 Å². The number of carbonyl (C=O) groups is 2. The van der Waals surface area contributed by atoms with Crippen molar-refractivity contribution >= 4 is 18.0 Å². The zero-order valence-electron chi connectivity index (χ0n) is 12.6. The van der Waals surface area contributed by atoms with Crippen LogP contribution in [0.1, 0.15) is 22.3 Å². The van der Waals surface area contributed by atoms with E-state index < -0.39 is 29.6 Å². The summed E-state index contributed by atoms with van der Waals surface area (Å²) in [4.78, 5) is 23.2. The molecule has 0 heterocycles. The summed E-state index contributed by atoms with van der Waals surface area (Å²) in [6, 6.07) is 10.4. The Labute approximate surface area is 137 Å². The van der Waals surface area contributed by atoms with Gasteiger partial charge in [0.25, 0.3) is 5.91 Å². The molecule has 2 aromatic rings. The molecule has 1 atom stereocenters. The number of carboxylic acids is 1. The highest BCUT2D eigenvalue weighted by atomic mass is 19.1. The fraction of sp³-hybridized carbons (Fsp3) is 0.111. The number of aliphatic carboxylic acids is 1. The van der Waals surface area contributed by atoms with Crippen molar-refractivity contribution < 1.29 is 23.5 Å². The molecular formula is C18H15F2NO3. The number of carbonyl (C=O) groups excluding carboxylic acids is 1. The lowest BCUT2D eigenvalue weighted by Gasteiger charge is -2.12. The number of amides is 1. The Hall–Kier alpha value is -3.02. The van der Waals surface area contributed by atoms with Crippen molar-refractivity contribution in [3.63, 3.8) is 0 Å². The monoisotopic (exact) mass is 331 g/mol. The summed E-state index contributed by atoms with van der Waals surface area (Å²) in [5, 5.41) is 11.4. The predicted molar refractivity (Wildman–Crippen MR) is 85.3 cm³/mol. The van der Waals surface area contributed by atoms with Gasteiger partial charge in [0.15, 0.2) is 0 Å². The van der Waals surface area contributed by atoms with Crippen LogP contribution >= 0.6 is 0 Å². The molecule has 0 saturated heterocycles. The molecule has 0 bridgehead atoms. The lowest BCUT2D eigenvalue weighted by molar-refractivity contribution is -0.139. The van der Waals surface area contributed by atoms with E-state index in [1.165, 1.54) is 0 Å². The van der Waals surface area contributed by atoms with E-state index >= 15 is 0 Å². The van der Waals surface area contributed by atoms with Gasteiger partial charge < -0.3 is 10.4 Å². The Morgan fingerprint density at radius 2 is 1.71 bits per heavy atom. The fourth-order valence-electron chi connectivity index (χ4n) is 2.05. The summed E-state index contributed by atoms with van der Waals surface area (Å²) in [5.74, 6) is -3.90. The van der Waals surface area contributed by atoms with Crippen LogP contribution in [0.25, 0.3) is 6.08 Å². The Morgan fingerprint density at radius 3 is 2.29 bits per heavy atom. The van der Waals surface area contributed by atoms with E-state index in [4.69, 9.17) is 0 Å². The normalized spacial score (nSPS) is 12.1. The fourth-order valence-corrected chi connectivity index (χ4v) is 2.05. The maximum atomic E-state index is 13.1. The average Bonchev–Trinajstić information content (AvgIpc) is 2.53. The number of hydrogen-bond acceptors (Lipinski definition) is 2. The van der Waals surface area contributed by atoms with Gasteiger partial charge in [-0.15, -0.1) is 0 Å². The second-order valence-corrected chi connectivity index (χ2v) is 5.07. The molecule has 2 aromatic carbocycles. The largest absolute Gasteiger partial charge is 0.480 e. The van der Waals surface area contributed by atoms with Gasteiger partial charge in [-0.3, -0.25) is 4.79 Å². The third-order valence-electron chi connectivity index (χ3n) is 3.21. The second-order valence-electron chi connectivity index (χ2n) is 5.07. The van der Waals surface area contributed by atoms with E-state index in [1.54, 1.807) is 12.2 Å². The molecule has 0 aliphatic rings. The SMILES string of the molecule is O=C(N[C@@H](C/C=C/c1ccccc1)C(=O)O)c1cc(F)cc(F)c1. The Balaban J connectivity index is 2.04. The maximum absolute atomic E-state index is 13.1. The molecule has 0 spiro atoms. The molecule has 6 heteroatoms.